The van der Waals surface area contributed by atoms with E-state index in [2.05, 4.69) is 15.9 Å². The number of hydrogen-bond acceptors (Lipinski definition) is 5. The highest BCUT2D eigenvalue weighted by molar-refractivity contribution is 9.10. The van der Waals surface area contributed by atoms with Gasteiger partial charge < -0.3 is 9.64 Å². The van der Waals surface area contributed by atoms with Crippen LogP contribution < -0.4 is 4.90 Å². The van der Waals surface area contributed by atoms with Gasteiger partial charge >= 0.3 is 5.97 Å². The summed E-state index contributed by atoms with van der Waals surface area (Å²) < 4.78 is 5.33. The second-order valence-electron chi connectivity index (χ2n) is 4.50. The van der Waals surface area contributed by atoms with E-state index in [1.807, 2.05) is 0 Å². The molecule has 0 heterocycles. The minimum atomic E-state index is -1.01. The first-order valence-corrected chi connectivity index (χ1v) is 6.27. The Kier molecular flexibility index (Phi) is 4.52. The average Bonchev–Trinajstić information content (AvgIpc) is 2.36. The number of halogens is 1. The number of nitro benzene ring substituents is 1. The van der Waals surface area contributed by atoms with Crippen molar-refractivity contribution < 1.29 is 14.5 Å². The van der Waals surface area contributed by atoms with Crippen LogP contribution in [0.5, 0.6) is 0 Å². The van der Waals surface area contributed by atoms with Crippen LogP contribution in [0.4, 0.5) is 11.4 Å². The van der Waals surface area contributed by atoms with Crippen LogP contribution in [0, 0.1) is 10.1 Å². The third-order valence-electron chi connectivity index (χ3n) is 3.02. The molecule has 0 aliphatic rings. The number of anilines is 1. The van der Waals surface area contributed by atoms with Crippen LogP contribution in [0.1, 0.15) is 13.8 Å². The Hall–Kier alpha value is -1.63. The molecule has 0 aliphatic carbocycles. The molecule has 0 radical (unpaired) electrons. The normalized spacial score (nSPS) is 11.0. The first kappa shape index (κ1) is 15.4. The molecule has 6 nitrogen and oxygen atoms in total. The summed E-state index contributed by atoms with van der Waals surface area (Å²) in [6, 6.07) is 4.68. The molecule has 1 rings (SSSR count). The standard InChI is InChI=1S/C12H15BrN2O4/c1-12(2,11(16)19-4)14(3)9-6-5-8(13)7-10(9)15(17)18/h5-7H,1-4H3. The van der Waals surface area contributed by atoms with Crippen LogP contribution in [0.15, 0.2) is 22.7 Å². The Balaban J connectivity index is 3.30. The maximum atomic E-state index is 11.8. The molecule has 0 spiro atoms. The fourth-order valence-corrected chi connectivity index (χ4v) is 1.96. The molecule has 0 bridgehead atoms. The van der Waals surface area contributed by atoms with Gasteiger partial charge in [-0.2, -0.15) is 0 Å². The van der Waals surface area contributed by atoms with Crippen LogP contribution in [0.25, 0.3) is 0 Å². The molecule has 7 heteroatoms. The Labute approximate surface area is 119 Å². The van der Waals surface area contributed by atoms with Gasteiger partial charge in [0.25, 0.3) is 5.69 Å². The van der Waals surface area contributed by atoms with Gasteiger partial charge in [0.1, 0.15) is 11.2 Å². The number of rotatable bonds is 4. The summed E-state index contributed by atoms with van der Waals surface area (Å²) in [5, 5.41) is 11.1. The van der Waals surface area contributed by atoms with Gasteiger partial charge in [0.2, 0.25) is 0 Å². The maximum absolute atomic E-state index is 11.8. The van der Waals surface area contributed by atoms with Crippen molar-refractivity contribution in [1.82, 2.24) is 0 Å². The summed E-state index contributed by atoms with van der Waals surface area (Å²) in [5.74, 6) is -0.466. The summed E-state index contributed by atoms with van der Waals surface area (Å²) in [6.45, 7) is 3.29. The molecule has 1 aromatic carbocycles. The first-order chi connectivity index (χ1) is 8.71. The Morgan fingerprint density at radius 3 is 2.53 bits per heavy atom. The predicted octanol–water partition coefficient (Wildman–Crippen LogP) is 2.75. The van der Waals surface area contributed by atoms with Crippen LogP contribution in [0.3, 0.4) is 0 Å². The maximum Gasteiger partial charge on any atom is 0.331 e. The number of methoxy groups -OCH3 is 1. The number of likely N-dealkylation sites (N-methyl/N-ethyl adjacent to an activating group) is 1. The van der Waals surface area contributed by atoms with Crippen molar-refractivity contribution in [2.45, 2.75) is 19.4 Å². The van der Waals surface area contributed by atoms with E-state index >= 15 is 0 Å². The fraction of sp³-hybridized carbons (Fsp3) is 0.417. The number of hydrogen-bond donors (Lipinski definition) is 0. The lowest BCUT2D eigenvalue weighted by Gasteiger charge is -2.34. The van der Waals surface area contributed by atoms with Crippen LogP contribution in [-0.4, -0.2) is 30.6 Å². The van der Waals surface area contributed by atoms with Crippen molar-refractivity contribution in [3.8, 4) is 0 Å². The number of nitro groups is 1. The average molecular weight is 331 g/mol. The van der Waals surface area contributed by atoms with E-state index in [-0.39, 0.29) is 5.69 Å². The highest BCUT2D eigenvalue weighted by atomic mass is 79.9. The van der Waals surface area contributed by atoms with Crippen molar-refractivity contribution in [2.24, 2.45) is 0 Å². The number of carbonyl (C=O) groups excluding carboxylic acids is 1. The number of ether oxygens (including phenoxy) is 1. The number of carbonyl (C=O) groups is 1. The Morgan fingerprint density at radius 2 is 2.05 bits per heavy atom. The van der Waals surface area contributed by atoms with E-state index < -0.39 is 16.4 Å². The number of nitrogens with zero attached hydrogens (tertiary/aromatic N) is 2. The lowest BCUT2D eigenvalue weighted by atomic mass is 10.0. The zero-order valence-corrected chi connectivity index (χ0v) is 12.7. The van der Waals surface area contributed by atoms with E-state index in [9.17, 15) is 14.9 Å². The zero-order valence-electron chi connectivity index (χ0n) is 11.1. The van der Waals surface area contributed by atoms with Gasteiger partial charge in [-0.1, -0.05) is 15.9 Å². The van der Waals surface area contributed by atoms with Gasteiger partial charge in [-0.3, -0.25) is 10.1 Å². The van der Waals surface area contributed by atoms with Gasteiger partial charge in [0, 0.05) is 17.6 Å². The topological polar surface area (TPSA) is 72.7 Å². The van der Waals surface area contributed by atoms with E-state index in [1.165, 1.54) is 18.1 Å². The molecule has 0 aromatic heterocycles. The van der Waals surface area contributed by atoms with E-state index in [0.29, 0.717) is 10.2 Å². The summed E-state index contributed by atoms with van der Waals surface area (Å²) in [4.78, 5) is 23.9. The SMILES string of the molecule is COC(=O)C(C)(C)N(C)c1ccc(Br)cc1[N+](=O)[O-]. The number of benzene rings is 1. The zero-order chi connectivity index (χ0) is 14.8. The van der Waals surface area contributed by atoms with Crippen molar-refractivity contribution in [1.29, 1.82) is 0 Å². The highest BCUT2D eigenvalue weighted by Gasteiger charge is 2.36. The smallest absolute Gasteiger partial charge is 0.331 e. The van der Waals surface area contributed by atoms with Gasteiger partial charge in [0.15, 0.2) is 0 Å². The van der Waals surface area contributed by atoms with E-state index in [1.54, 1.807) is 33.0 Å². The van der Waals surface area contributed by atoms with Crippen molar-refractivity contribution in [3.63, 3.8) is 0 Å². The van der Waals surface area contributed by atoms with Crippen molar-refractivity contribution >= 4 is 33.3 Å². The third kappa shape index (κ3) is 3.04. The van der Waals surface area contributed by atoms with Crippen LogP contribution >= 0.6 is 15.9 Å². The molecular formula is C12H15BrN2O4. The molecule has 19 heavy (non-hydrogen) atoms. The third-order valence-corrected chi connectivity index (χ3v) is 3.51. The predicted molar refractivity (Wildman–Crippen MR) is 75.3 cm³/mol. The molecule has 1 aromatic rings. The van der Waals surface area contributed by atoms with Crippen molar-refractivity contribution in [3.05, 3.63) is 32.8 Å². The summed E-state index contributed by atoms with van der Waals surface area (Å²) in [6.07, 6.45) is 0. The van der Waals surface area contributed by atoms with Gasteiger partial charge in [-0.05, 0) is 26.0 Å². The number of esters is 1. The first-order valence-electron chi connectivity index (χ1n) is 5.48. The van der Waals surface area contributed by atoms with Crippen LogP contribution in [0.2, 0.25) is 0 Å². The second-order valence-corrected chi connectivity index (χ2v) is 5.42. The Morgan fingerprint density at radius 1 is 1.47 bits per heavy atom. The molecule has 0 fully saturated rings. The molecule has 0 aliphatic heterocycles. The van der Waals surface area contributed by atoms with E-state index in [0.717, 1.165) is 0 Å². The lowest BCUT2D eigenvalue weighted by molar-refractivity contribution is -0.384. The molecule has 0 amide bonds. The molecular weight excluding hydrogens is 316 g/mol. The monoisotopic (exact) mass is 330 g/mol. The lowest BCUT2D eigenvalue weighted by Crippen LogP contribution is -2.49. The summed E-state index contributed by atoms with van der Waals surface area (Å²) in [7, 11) is 2.90. The minimum absolute atomic E-state index is 0.0751. The van der Waals surface area contributed by atoms with E-state index in [4.69, 9.17) is 4.74 Å². The highest BCUT2D eigenvalue weighted by Crippen LogP contribution is 2.34. The van der Waals surface area contributed by atoms with Gasteiger partial charge in [0.05, 0.1) is 12.0 Å². The molecule has 0 saturated carbocycles. The largest absolute Gasteiger partial charge is 0.467 e. The minimum Gasteiger partial charge on any atom is -0.467 e. The summed E-state index contributed by atoms with van der Waals surface area (Å²) in [5.41, 5.74) is -0.731. The van der Waals surface area contributed by atoms with Gasteiger partial charge in [-0.25, -0.2) is 4.79 Å². The fourth-order valence-electron chi connectivity index (χ4n) is 1.61. The van der Waals surface area contributed by atoms with Crippen LogP contribution in [-0.2, 0) is 9.53 Å². The summed E-state index contributed by atoms with van der Waals surface area (Å²) >= 11 is 3.19. The molecule has 0 saturated heterocycles. The van der Waals surface area contributed by atoms with Gasteiger partial charge in [-0.15, -0.1) is 0 Å². The quantitative estimate of drug-likeness (QED) is 0.482. The van der Waals surface area contributed by atoms with Crippen molar-refractivity contribution in [2.75, 3.05) is 19.1 Å². The molecule has 0 atom stereocenters. The molecule has 0 N–H and O–H groups in total. The Bertz CT molecular complexity index is 516. The molecule has 104 valence electrons. The second kappa shape index (κ2) is 5.56. The molecule has 0 unspecified atom stereocenters.